The Balaban J connectivity index is 2.04. The predicted octanol–water partition coefficient (Wildman–Crippen LogP) is 1.36. The van der Waals surface area contributed by atoms with E-state index in [4.69, 9.17) is 0 Å². The van der Waals surface area contributed by atoms with Crippen molar-refractivity contribution in [3.05, 3.63) is 39.9 Å². The molecule has 1 aromatic carbocycles. The quantitative estimate of drug-likeness (QED) is 0.659. The number of benzene rings is 1. The monoisotopic (exact) mass is 266 g/mol. The first-order valence-electron chi connectivity index (χ1n) is 5.30. The molecule has 0 saturated carbocycles. The summed E-state index contributed by atoms with van der Waals surface area (Å²) in [5, 5.41) is 13.0. The van der Waals surface area contributed by atoms with Gasteiger partial charge in [0.15, 0.2) is 0 Å². The van der Waals surface area contributed by atoms with Gasteiger partial charge in [0, 0.05) is 23.4 Å². The number of nitrogens with one attached hydrogen (secondary N) is 1. The molecule has 1 unspecified atom stereocenters. The first kappa shape index (κ1) is 12.6. The number of hydrogen-bond donors (Lipinski definition) is 1. The SMILES string of the molecule is O=C(NC1CCSC1=O)c1ccc([N+](=O)[O-])cc1. The number of carbonyl (C=O) groups is 2. The highest BCUT2D eigenvalue weighted by atomic mass is 32.2. The molecule has 1 amide bonds. The van der Waals surface area contributed by atoms with Crippen LogP contribution < -0.4 is 5.32 Å². The minimum Gasteiger partial charge on any atom is -0.341 e. The van der Waals surface area contributed by atoms with Crippen LogP contribution in [0.2, 0.25) is 0 Å². The summed E-state index contributed by atoms with van der Waals surface area (Å²) in [5.74, 6) is 0.329. The number of nitro benzene ring substituents is 1. The second kappa shape index (κ2) is 5.18. The summed E-state index contributed by atoms with van der Waals surface area (Å²) in [6, 6.07) is 4.83. The van der Waals surface area contributed by atoms with Gasteiger partial charge in [-0.15, -0.1) is 0 Å². The van der Waals surface area contributed by atoms with Gasteiger partial charge in [0.05, 0.1) is 11.0 Å². The molecular formula is C11H10N2O4S. The third kappa shape index (κ3) is 2.67. The van der Waals surface area contributed by atoms with Crippen molar-refractivity contribution in [1.82, 2.24) is 5.32 Å². The van der Waals surface area contributed by atoms with Gasteiger partial charge in [-0.25, -0.2) is 0 Å². The zero-order valence-electron chi connectivity index (χ0n) is 9.29. The van der Waals surface area contributed by atoms with E-state index in [9.17, 15) is 19.7 Å². The van der Waals surface area contributed by atoms with Crippen molar-refractivity contribution in [2.75, 3.05) is 5.75 Å². The molecule has 0 spiro atoms. The lowest BCUT2D eigenvalue weighted by atomic mass is 10.1. The van der Waals surface area contributed by atoms with Crippen molar-refractivity contribution >= 4 is 28.5 Å². The first-order chi connectivity index (χ1) is 8.58. The number of carbonyl (C=O) groups excluding carboxylic acids is 2. The van der Waals surface area contributed by atoms with Crippen LogP contribution in [0.3, 0.4) is 0 Å². The van der Waals surface area contributed by atoms with Gasteiger partial charge in [0.2, 0.25) is 5.12 Å². The summed E-state index contributed by atoms with van der Waals surface area (Å²) in [7, 11) is 0. The van der Waals surface area contributed by atoms with Gasteiger partial charge in [0.1, 0.15) is 0 Å². The van der Waals surface area contributed by atoms with Gasteiger partial charge in [-0.05, 0) is 18.6 Å². The van der Waals surface area contributed by atoms with Crippen molar-refractivity contribution in [3.63, 3.8) is 0 Å². The molecule has 1 aliphatic heterocycles. The summed E-state index contributed by atoms with van der Waals surface area (Å²) in [5.41, 5.74) is 0.240. The van der Waals surface area contributed by atoms with Crippen LogP contribution in [-0.2, 0) is 4.79 Å². The Bertz CT molecular complexity index is 500. The molecule has 1 aromatic rings. The van der Waals surface area contributed by atoms with E-state index in [-0.39, 0.29) is 16.7 Å². The van der Waals surface area contributed by atoms with Crippen LogP contribution in [0.25, 0.3) is 0 Å². The van der Waals surface area contributed by atoms with E-state index < -0.39 is 11.0 Å². The second-order valence-corrected chi connectivity index (χ2v) is 4.89. The van der Waals surface area contributed by atoms with Crippen LogP contribution in [0.4, 0.5) is 5.69 Å². The van der Waals surface area contributed by atoms with Crippen LogP contribution in [0.15, 0.2) is 24.3 Å². The van der Waals surface area contributed by atoms with E-state index in [1.54, 1.807) is 0 Å². The van der Waals surface area contributed by atoms with Crippen LogP contribution in [0.5, 0.6) is 0 Å². The summed E-state index contributed by atoms with van der Waals surface area (Å²) in [6.45, 7) is 0. The number of rotatable bonds is 3. The molecule has 0 aromatic heterocycles. The third-order valence-electron chi connectivity index (χ3n) is 2.58. The highest BCUT2D eigenvalue weighted by molar-refractivity contribution is 8.14. The maximum atomic E-state index is 11.8. The van der Waals surface area contributed by atoms with Crippen molar-refractivity contribution in [2.24, 2.45) is 0 Å². The van der Waals surface area contributed by atoms with E-state index >= 15 is 0 Å². The van der Waals surface area contributed by atoms with E-state index in [1.165, 1.54) is 36.0 Å². The standard InChI is InChI=1S/C11H10N2O4S/c14-10(12-9-5-6-18-11(9)15)7-1-3-8(4-2-7)13(16)17/h1-4,9H,5-6H2,(H,12,14). The molecule has 1 heterocycles. The molecule has 1 aliphatic rings. The smallest absolute Gasteiger partial charge is 0.269 e. The molecule has 2 rings (SSSR count). The summed E-state index contributed by atoms with van der Waals surface area (Å²) >= 11 is 1.21. The molecule has 94 valence electrons. The first-order valence-corrected chi connectivity index (χ1v) is 6.28. The fraction of sp³-hybridized carbons (Fsp3) is 0.273. The maximum Gasteiger partial charge on any atom is 0.269 e. The van der Waals surface area contributed by atoms with Crippen LogP contribution in [0, 0.1) is 10.1 Å². The average molecular weight is 266 g/mol. The van der Waals surface area contributed by atoms with Gasteiger partial charge in [-0.3, -0.25) is 19.7 Å². The van der Waals surface area contributed by atoms with Crippen molar-refractivity contribution in [1.29, 1.82) is 0 Å². The van der Waals surface area contributed by atoms with E-state index in [0.29, 0.717) is 17.7 Å². The molecule has 1 saturated heterocycles. The topological polar surface area (TPSA) is 89.3 Å². The largest absolute Gasteiger partial charge is 0.341 e. The fourth-order valence-electron chi connectivity index (χ4n) is 1.60. The molecule has 1 fully saturated rings. The molecule has 18 heavy (non-hydrogen) atoms. The lowest BCUT2D eigenvalue weighted by Crippen LogP contribution is -2.37. The number of non-ortho nitro benzene ring substituents is 1. The highest BCUT2D eigenvalue weighted by Crippen LogP contribution is 2.20. The highest BCUT2D eigenvalue weighted by Gasteiger charge is 2.27. The Morgan fingerprint density at radius 2 is 2.06 bits per heavy atom. The number of nitro groups is 1. The Morgan fingerprint density at radius 3 is 2.56 bits per heavy atom. The van der Waals surface area contributed by atoms with Gasteiger partial charge in [-0.2, -0.15) is 0 Å². The predicted molar refractivity (Wildman–Crippen MR) is 66.4 cm³/mol. The summed E-state index contributed by atoms with van der Waals surface area (Å²) in [6.07, 6.45) is 0.627. The Morgan fingerprint density at radius 1 is 1.39 bits per heavy atom. The molecule has 0 aliphatic carbocycles. The average Bonchev–Trinajstić information content (AvgIpc) is 2.75. The zero-order chi connectivity index (χ0) is 13.1. The summed E-state index contributed by atoms with van der Waals surface area (Å²) < 4.78 is 0. The number of nitrogens with zero attached hydrogens (tertiary/aromatic N) is 1. The third-order valence-corrected chi connectivity index (χ3v) is 3.59. The number of thioether (sulfide) groups is 1. The lowest BCUT2D eigenvalue weighted by Gasteiger charge is -2.09. The molecular weight excluding hydrogens is 256 g/mol. The zero-order valence-corrected chi connectivity index (χ0v) is 10.1. The van der Waals surface area contributed by atoms with Gasteiger partial charge in [-0.1, -0.05) is 11.8 Å². The maximum absolute atomic E-state index is 11.8. The molecule has 0 radical (unpaired) electrons. The van der Waals surface area contributed by atoms with Gasteiger partial charge >= 0.3 is 0 Å². The normalized spacial score (nSPS) is 18.7. The van der Waals surface area contributed by atoms with Gasteiger partial charge in [0.25, 0.3) is 11.6 Å². The van der Waals surface area contributed by atoms with Crippen molar-refractivity contribution in [2.45, 2.75) is 12.5 Å². The van der Waals surface area contributed by atoms with Crippen LogP contribution >= 0.6 is 11.8 Å². The Labute approximate surface area is 107 Å². The molecule has 0 bridgehead atoms. The number of amides is 1. The van der Waals surface area contributed by atoms with E-state index in [1.807, 2.05) is 0 Å². The van der Waals surface area contributed by atoms with Crippen LogP contribution in [-0.4, -0.2) is 27.7 Å². The fourth-order valence-corrected chi connectivity index (χ4v) is 2.54. The lowest BCUT2D eigenvalue weighted by molar-refractivity contribution is -0.384. The Hall–Kier alpha value is -1.89. The minimum atomic E-state index is -0.529. The summed E-state index contributed by atoms with van der Waals surface area (Å²) in [4.78, 5) is 33.1. The molecule has 7 heteroatoms. The molecule has 1 atom stereocenters. The van der Waals surface area contributed by atoms with E-state index in [0.717, 1.165) is 0 Å². The van der Waals surface area contributed by atoms with Crippen LogP contribution in [0.1, 0.15) is 16.8 Å². The minimum absolute atomic E-state index is 0.0368. The van der Waals surface area contributed by atoms with Crippen molar-refractivity contribution < 1.29 is 14.5 Å². The Kier molecular flexibility index (Phi) is 3.61. The second-order valence-electron chi connectivity index (χ2n) is 3.79. The number of hydrogen-bond acceptors (Lipinski definition) is 5. The molecule has 1 N–H and O–H groups in total. The van der Waals surface area contributed by atoms with E-state index in [2.05, 4.69) is 5.32 Å². The van der Waals surface area contributed by atoms with Gasteiger partial charge < -0.3 is 5.32 Å². The molecule has 6 nitrogen and oxygen atoms in total. The van der Waals surface area contributed by atoms with Crippen molar-refractivity contribution in [3.8, 4) is 0 Å².